The zero-order valence-corrected chi connectivity index (χ0v) is 15.2. The Kier molecular flexibility index (Phi) is 7.35. The number of alkyl halides is 2. The highest BCUT2D eigenvalue weighted by Crippen LogP contribution is 2.26. The van der Waals surface area contributed by atoms with Gasteiger partial charge in [-0.15, -0.1) is 0 Å². The Labute approximate surface area is 158 Å². The van der Waals surface area contributed by atoms with Crippen LogP contribution < -0.4 is 5.32 Å². The molecule has 0 aliphatic heterocycles. The van der Waals surface area contributed by atoms with Gasteiger partial charge in [-0.2, -0.15) is 8.78 Å². The normalized spacial score (nSPS) is 11.9. The summed E-state index contributed by atoms with van der Waals surface area (Å²) in [5, 5.41) is 3.05. The molecule has 2 aromatic rings. The van der Waals surface area contributed by atoms with Crippen molar-refractivity contribution in [3.8, 4) is 0 Å². The number of pyridine rings is 1. The number of hydrogen-bond acceptors (Lipinski definition) is 5. The van der Waals surface area contributed by atoms with Gasteiger partial charge in [-0.3, -0.25) is 4.79 Å². The van der Waals surface area contributed by atoms with Crippen molar-refractivity contribution in [2.45, 2.75) is 23.7 Å². The van der Waals surface area contributed by atoms with Gasteiger partial charge in [-0.05, 0) is 48.5 Å². The van der Waals surface area contributed by atoms with E-state index < -0.39 is 24.2 Å². The van der Waals surface area contributed by atoms with Crippen molar-refractivity contribution in [2.75, 3.05) is 6.61 Å². The molecule has 1 aromatic heterocycles. The molecule has 138 valence electrons. The van der Waals surface area contributed by atoms with Crippen LogP contribution in [0.3, 0.4) is 0 Å². The smallest absolute Gasteiger partial charge is 0.341 e. The number of carbonyl (C=O) groups is 2. The van der Waals surface area contributed by atoms with Crippen LogP contribution in [-0.4, -0.2) is 29.2 Å². The topological polar surface area (TPSA) is 68.3 Å². The van der Waals surface area contributed by atoms with Gasteiger partial charge in [-0.25, -0.2) is 9.78 Å². The molecule has 1 atom stereocenters. The minimum atomic E-state index is -2.72. The first-order valence-electron chi connectivity index (χ1n) is 7.48. The molecule has 0 aliphatic rings. The van der Waals surface area contributed by atoms with Crippen LogP contribution in [0.2, 0.25) is 5.02 Å². The Morgan fingerprint density at radius 3 is 2.77 bits per heavy atom. The lowest BCUT2D eigenvalue weighted by Crippen LogP contribution is -2.31. The van der Waals surface area contributed by atoms with E-state index in [1.807, 2.05) is 0 Å². The molecule has 0 bridgehead atoms. The third kappa shape index (κ3) is 5.96. The number of esters is 1. The molecule has 0 spiro atoms. The average molecular weight is 401 g/mol. The number of carbonyl (C=O) groups excluding carboxylic acids is 2. The third-order valence-corrected chi connectivity index (χ3v) is 4.21. The summed E-state index contributed by atoms with van der Waals surface area (Å²) in [6.45, 7) is 1.21. The van der Waals surface area contributed by atoms with Gasteiger partial charge in [0, 0.05) is 11.2 Å². The fourth-order valence-electron chi connectivity index (χ4n) is 2.08. The van der Waals surface area contributed by atoms with E-state index in [9.17, 15) is 18.4 Å². The Bertz CT molecular complexity index is 792. The first kappa shape index (κ1) is 20.1. The van der Waals surface area contributed by atoms with Crippen LogP contribution >= 0.6 is 23.4 Å². The molecule has 1 heterocycles. The minimum Gasteiger partial charge on any atom is -0.452 e. The second kappa shape index (κ2) is 9.49. The quantitative estimate of drug-likeness (QED) is 0.560. The maximum absolute atomic E-state index is 12.5. The van der Waals surface area contributed by atoms with E-state index in [1.165, 1.54) is 18.3 Å². The average Bonchev–Trinajstić information content (AvgIpc) is 2.59. The zero-order chi connectivity index (χ0) is 19.1. The Hall–Kier alpha value is -2.19. The van der Waals surface area contributed by atoms with Crippen LogP contribution in [0.4, 0.5) is 8.78 Å². The van der Waals surface area contributed by atoms with Gasteiger partial charge >= 0.3 is 5.97 Å². The molecular formula is C17H15ClF2N2O3S. The van der Waals surface area contributed by atoms with Crippen LogP contribution in [-0.2, 0) is 9.53 Å². The maximum atomic E-state index is 12.5. The van der Waals surface area contributed by atoms with Crippen molar-refractivity contribution >= 4 is 35.2 Å². The number of rotatable bonds is 7. The Balaban J connectivity index is 1.92. The van der Waals surface area contributed by atoms with E-state index in [0.717, 1.165) is 5.56 Å². The molecular weight excluding hydrogens is 386 g/mol. The SMILES string of the molecule is C[C@@H](NC(=O)COC(=O)c1cccnc1SC(F)F)c1cccc(Cl)c1. The number of nitrogens with zero attached hydrogens (tertiary/aromatic N) is 1. The summed E-state index contributed by atoms with van der Waals surface area (Å²) in [6.07, 6.45) is 1.29. The molecule has 1 N–H and O–H groups in total. The van der Waals surface area contributed by atoms with E-state index in [0.29, 0.717) is 5.02 Å². The number of benzene rings is 1. The predicted molar refractivity (Wildman–Crippen MR) is 94.4 cm³/mol. The zero-order valence-electron chi connectivity index (χ0n) is 13.6. The number of amides is 1. The fourth-order valence-corrected chi connectivity index (χ4v) is 2.84. The van der Waals surface area contributed by atoms with Crippen LogP contribution in [0.15, 0.2) is 47.6 Å². The Morgan fingerprint density at radius 2 is 2.08 bits per heavy atom. The van der Waals surface area contributed by atoms with E-state index in [4.69, 9.17) is 16.3 Å². The minimum absolute atomic E-state index is 0.117. The van der Waals surface area contributed by atoms with Gasteiger partial charge in [0.1, 0.15) is 5.03 Å². The lowest BCUT2D eigenvalue weighted by molar-refractivity contribution is -0.124. The Morgan fingerprint density at radius 1 is 1.31 bits per heavy atom. The van der Waals surface area contributed by atoms with Crippen molar-refractivity contribution in [3.05, 3.63) is 58.7 Å². The summed E-state index contributed by atoms with van der Waals surface area (Å²) >= 11 is 6.04. The number of ether oxygens (including phenoxy) is 1. The summed E-state index contributed by atoms with van der Waals surface area (Å²) in [5.41, 5.74) is 0.675. The first-order chi connectivity index (χ1) is 12.4. The molecule has 0 saturated heterocycles. The van der Waals surface area contributed by atoms with Gasteiger partial charge in [0.2, 0.25) is 0 Å². The monoisotopic (exact) mass is 400 g/mol. The van der Waals surface area contributed by atoms with E-state index in [1.54, 1.807) is 31.2 Å². The highest BCUT2D eigenvalue weighted by molar-refractivity contribution is 7.99. The number of hydrogen-bond donors (Lipinski definition) is 1. The molecule has 0 fully saturated rings. The van der Waals surface area contributed by atoms with Crippen molar-refractivity contribution < 1.29 is 23.1 Å². The largest absolute Gasteiger partial charge is 0.452 e. The number of nitrogens with one attached hydrogen (secondary N) is 1. The molecule has 1 amide bonds. The van der Waals surface area contributed by atoms with Gasteiger partial charge in [0.15, 0.2) is 6.61 Å². The second-order valence-corrected chi connectivity index (χ2v) is 6.57. The molecule has 1 aromatic carbocycles. The molecule has 0 radical (unpaired) electrons. The van der Waals surface area contributed by atoms with Crippen LogP contribution in [0.5, 0.6) is 0 Å². The number of aromatic nitrogens is 1. The fraction of sp³-hybridized carbons (Fsp3) is 0.235. The summed E-state index contributed by atoms with van der Waals surface area (Å²) < 4.78 is 29.9. The van der Waals surface area contributed by atoms with Gasteiger partial charge in [0.05, 0.1) is 11.6 Å². The van der Waals surface area contributed by atoms with Gasteiger partial charge in [0.25, 0.3) is 11.7 Å². The van der Waals surface area contributed by atoms with Gasteiger partial charge in [-0.1, -0.05) is 23.7 Å². The van der Waals surface area contributed by atoms with Gasteiger partial charge < -0.3 is 10.1 Å². The summed E-state index contributed by atoms with van der Waals surface area (Å²) in [7, 11) is 0. The molecule has 2 rings (SSSR count). The predicted octanol–water partition coefficient (Wildman–Crippen LogP) is 4.08. The lowest BCUT2D eigenvalue weighted by atomic mass is 10.1. The molecule has 0 unspecified atom stereocenters. The standard InChI is InChI=1S/C17H15ClF2N2O3S/c1-10(11-4-2-5-12(18)8-11)22-14(23)9-25-16(24)13-6-3-7-21-15(13)26-17(19)20/h2-8,10,17H,9H2,1H3,(H,22,23)/t10-/m1/s1. The lowest BCUT2D eigenvalue weighted by Gasteiger charge is -2.15. The highest BCUT2D eigenvalue weighted by atomic mass is 35.5. The van der Waals surface area contributed by atoms with Crippen molar-refractivity contribution in [1.29, 1.82) is 0 Å². The summed E-state index contributed by atoms with van der Waals surface area (Å²) in [5.74, 6) is -4.15. The maximum Gasteiger partial charge on any atom is 0.341 e. The van der Waals surface area contributed by atoms with E-state index in [2.05, 4.69) is 10.3 Å². The number of thioether (sulfide) groups is 1. The number of halogens is 3. The highest BCUT2D eigenvalue weighted by Gasteiger charge is 2.19. The van der Waals surface area contributed by atoms with Crippen molar-refractivity contribution in [2.24, 2.45) is 0 Å². The van der Waals surface area contributed by atoms with Crippen molar-refractivity contribution in [3.63, 3.8) is 0 Å². The van der Waals surface area contributed by atoms with Crippen LogP contribution in [0, 0.1) is 0 Å². The molecule has 0 aliphatic carbocycles. The molecule has 0 saturated carbocycles. The molecule has 5 nitrogen and oxygen atoms in total. The van der Waals surface area contributed by atoms with E-state index in [-0.39, 0.29) is 28.4 Å². The van der Waals surface area contributed by atoms with Crippen LogP contribution in [0.1, 0.15) is 28.9 Å². The molecule has 9 heteroatoms. The molecule has 26 heavy (non-hydrogen) atoms. The first-order valence-corrected chi connectivity index (χ1v) is 8.74. The third-order valence-electron chi connectivity index (χ3n) is 3.25. The van der Waals surface area contributed by atoms with Crippen LogP contribution in [0.25, 0.3) is 0 Å². The summed E-state index contributed by atoms with van der Waals surface area (Å²) in [4.78, 5) is 27.7. The second-order valence-electron chi connectivity index (χ2n) is 5.15. The van der Waals surface area contributed by atoms with E-state index >= 15 is 0 Å². The summed E-state index contributed by atoms with van der Waals surface area (Å²) in [6, 6.07) is 9.37. The van der Waals surface area contributed by atoms with Crippen molar-refractivity contribution in [1.82, 2.24) is 10.3 Å².